The van der Waals surface area contributed by atoms with E-state index < -0.39 is 0 Å². The van der Waals surface area contributed by atoms with E-state index in [0.29, 0.717) is 36.0 Å². The predicted octanol–water partition coefficient (Wildman–Crippen LogP) is 3.58. The summed E-state index contributed by atoms with van der Waals surface area (Å²) in [5.41, 5.74) is 2.22. The third kappa shape index (κ3) is 3.41. The first-order valence-corrected chi connectivity index (χ1v) is 9.97. The van der Waals surface area contributed by atoms with Crippen LogP contribution in [0.2, 0.25) is 0 Å². The summed E-state index contributed by atoms with van der Waals surface area (Å²) < 4.78 is 11.6. The molecule has 0 bridgehead atoms. The van der Waals surface area contributed by atoms with Crippen molar-refractivity contribution in [2.75, 3.05) is 25.6 Å². The van der Waals surface area contributed by atoms with Gasteiger partial charge in [-0.2, -0.15) is 0 Å². The lowest BCUT2D eigenvalue weighted by atomic mass is 10.1. The van der Waals surface area contributed by atoms with E-state index in [0.717, 1.165) is 22.2 Å². The van der Waals surface area contributed by atoms with Gasteiger partial charge in [-0.1, -0.05) is 6.07 Å². The number of rotatable bonds is 5. The Bertz CT molecular complexity index is 1030. The molecule has 1 unspecified atom stereocenters. The van der Waals surface area contributed by atoms with E-state index in [9.17, 15) is 4.79 Å². The van der Waals surface area contributed by atoms with Crippen LogP contribution < -0.4 is 15.4 Å². The van der Waals surface area contributed by atoms with Gasteiger partial charge in [0.25, 0.3) is 5.91 Å². The van der Waals surface area contributed by atoms with Gasteiger partial charge in [0.05, 0.1) is 29.9 Å². The van der Waals surface area contributed by atoms with E-state index in [1.165, 1.54) is 11.2 Å². The molecule has 7 nitrogen and oxygen atoms in total. The van der Waals surface area contributed by atoms with Crippen LogP contribution in [0.15, 0.2) is 24.5 Å². The van der Waals surface area contributed by atoms with Crippen LogP contribution >= 0.6 is 11.3 Å². The summed E-state index contributed by atoms with van der Waals surface area (Å²) in [7, 11) is 1.61. The third-order valence-electron chi connectivity index (χ3n) is 4.89. The Balaban J connectivity index is 1.80. The van der Waals surface area contributed by atoms with Gasteiger partial charge in [-0.3, -0.25) is 4.79 Å². The van der Waals surface area contributed by atoms with E-state index in [-0.39, 0.29) is 12.0 Å². The number of thiophene rings is 1. The van der Waals surface area contributed by atoms with Gasteiger partial charge in [0.1, 0.15) is 28.8 Å². The van der Waals surface area contributed by atoms with Crippen LogP contribution in [0.5, 0.6) is 5.75 Å². The molecule has 28 heavy (non-hydrogen) atoms. The molecule has 2 aromatic heterocycles. The highest BCUT2D eigenvalue weighted by Gasteiger charge is 2.23. The minimum absolute atomic E-state index is 0.0315. The molecule has 3 aromatic rings. The van der Waals surface area contributed by atoms with Crippen LogP contribution in [0.4, 0.5) is 11.5 Å². The molecule has 1 aromatic carbocycles. The number of aryl methyl sites for hydroxylation is 2. The summed E-state index contributed by atoms with van der Waals surface area (Å²) in [6, 6.07) is 5.44. The lowest BCUT2D eigenvalue weighted by Crippen LogP contribution is -2.21. The number of amides is 1. The summed E-state index contributed by atoms with van der Waals surface area (Å²) in [5.74, 6) is 1.07. The third-order valence-corrected chi connectivity index (χ3v) is 6.00. The lowest BCUT2D eigenvalue weighted by molar-refractivity contribution is 0.0963. The van der Waals surface area contributed by atoms with E-state index >= 15 is 0 Å². The van der Waals surface area contributed by atoms with Gasteiger partial charge < -0.3 is 20.1 Å². The number of fused-ring (bicyclic) bond motifs is 1. The fourth-order valence-corrected chi connectivity index (χ4v) is 4.26. The van der Waals surface area contributed by atoms with E-state index in [4.69, 9.17) is 9.47 Å². The highest BCUT2D eigenvalue weighted by atomic mass is 32.1. The van der Waals surface area contributed by atoms with Crippen LogP contribution in [-0.2, 0) is 4.74 Å². The van der Waals surface area contributed by atoms with Crippen molar-refractivity contribution in [2.24, 2.45) is 0 Å². The molecule has 3 heterocycles. The number of carbonyl (C=O) groups is 1. The molecule has 1 aliphatic heterocycles. The average Bonchev–Trinajstić information content (AvgIpc) is 3.31. The highest BCUT2D eigenvalue weighted by molar-refractivity contribution is 7.18. The van der Waals surface area contributed by atoms with Crippen molar-refractivity contribution in [3.63, 3.8) is 0 Å². The van der Waals surface area contributed by atoms with Crippen LogP contribution in [0, 0.1) is 13.8 Å². The van der Waals surface area contributed by atoms with Crippen LogP contribution in [0.25, 0.3) is 10.2 Å². The maximum Gasteiger partial charge on any atom is 0.253 e. The SMILES string of the molecule is CNC(=O)c1cccc(OC2CCOC2)c1Nc1ncnc2sc(C)c(C)c12. The molecule has 1 aliphatic rings. The van der Waals surface area contributed by atoms with Crippen molar-refractivity contribution < 1.29 is 14.3 Å². The van der Waals surface area contributed by atoms with Gasteiger partial charge >= 0.3 is 0 Å². The van der Waals surface area contributed by atoms with Crippen LogP contribution in [0.1, 0.15) is 27.2 Å². The molecule has 1 amide bonds. The van der Waals surface area contributed by atoms with Gasteiger partial charge in [-0.25, -0.2) is 9.97 Å². The molecule has 4 rings (SSSR count). The molecule has 0 spiro atoms. The second-order valence-electron chi connectivity index (χ2n) is 6.67. The smallest absolute Gasteiger partial charge is 0.253 e. The zero-order valence-corrected chi connectivity index (χ0v) is 16.9. The van der Waals surface area contributed by atoms with Gasteiger partial charge in [-0.15, -0.1) is 11.3 Å². The molecule has 0 radical (unpaired) electrons. The molecule has 0 aliphatic carbocycles. The number of anilines is 2. The minimum atomic E-state index is -0.195. The first-order chi connectivity index (χ1) is 13.6. The fourth-order valence-electron chi connectivity index (χ4n) is 3.26. The number of carbonyl (C=O) groups excluding carboxylic acids is 1. The quantitative estimate of drug-likeness (QED) is 0.683. The summed E-state index contributed by atoms with van der Waals surface area (Å²) in [6.45, 7) is 5.35. The number of ether oxygens (including phenoxy) is 2. The monoisotopic (exact) mass is 398 g/mol. The fraction of sp³-hybridized carbons (Fsp3) is 0.350. The van der Waals surface area contributed by atoms with Crippen molar-refractivity contribution in [1.29, 1.82) is 0 Å². The minimum Gasteiger partial charge on any atom is -0.486 e. The number of nitrogens with zero attached hydrogens (tertiary/aromatic N) is 2. The Morgan fingerprint density at radius 1 is 1.32 bits per heavy atom. The Hall–Kier alpha value is -2.71. The van der Waals surface area contributed by atoms with Crippen molar-refractivity contribution in [3.05, 3.63) is 40.5 Å². The molecular weight excluding hydrogens is 376 g/mol. The second-order valence-corrected chi connectivity index (χ2v) is 7.88. The molecule has 1 saturated heterocycles. The van der Waals surface area contributed by atoms with Crippen LogP contribution in [0.3, 0.4) is 0 Å². The maximum atomic E-state index is 12.5. The van der Waals surface area contributed by atoms with Crippen molar-refractivity contribution in [1.82, 2.24) is 15.3 Å². The molecular formula is C20H22N4O3S. The molecule has 0 saturated carbocycles. The average molecular weight is 398 g/mol. The van der Waals surface area contributed by atoms with E-state index in [2.05, 4.69) is 34.4 Å². The summed E-state index contributed by atoms with van der Waals surface area (Å²) >= 11 is 1.63. The lowest BCUT2D eigenvalue weighted by Gasteiger charge is -2.19. The predicted molar refractivity (Wildman–Crippen MR) is 110 cm³/mol. The van der Waals surface area contributed by atoms with Crippen molar-refractivity contribution in [3.8, 4) is 5.75 Å². The Labute approximate surface area is 167 Å². The Morgan fingerprint density at radius 2 is 2.18 bits per heavy atom. The number of para-hydroxylation sites is 1. The normalized spacial score (nSPS) is 16.3. The summed E-state index contributed by atoms with van der Waals surface area (Å²) in [4.78, 5) is 23.4. The number of nitrogens with one attached hydrogen (secondary N) is 2. The Morgan fingerprint density at radius 3 is 2.93 bits per heavy atom. The number of benzene rings is 1. The molecule has 1 fully saturated rings. The number of hydrogen-bond donors (Lipinski definition) is 2. The molecule has 2 N–H and O–H groups in total. The molecule has 8 heteroatoms. The van der Waals surface area contributed by atoms with Crippen LogP contribution in [-0.4, -0.2) is 42.2 Å². The first kappa shape index (κ1) is 18.6. The zero-order valence-electron chi connectivity index (χ0n) is 16.0. The maximum absolute atomic E-state index is 12.5. The van der Waals surface area contributed by atoms with E-state index in [1.807, 2.05) is 12.1 Å². The number of hydrogen-bond acceptors (Lipinski definition) is 7. The standard InChI is InChI=1S/C20H22N4O3S/c1-11-12(2)28-20-16(11)18(22-10-23-20)24-17-14(19(25)21-3)5-4-6-15(17)27-13-7-8-26-9-13/h4-6,10,13H,7-9H2,1-3H3,(H,21,25)(H,22,23,24). The number of aromatic nitrogens is 2. The van der Waals surface area contributed by atoms with Crippen molar-refractivity contribution in [2.45, 2.75) is 26.4 Å². The van der Waals surface area contributed by atoms with Gasteiger partial charge in [-0.05, 0) is 31.5 Å². The summed E-state index contributed by atoms with van der Waals surface area (Å²) in [5, 5.41) is 7.01. The van der Waals surface area contributed by atoms with Gasteiger partial charge in [0.15, 0.2) is 0 Å². The highest BCUT2D eigenvalue weighted by Crippen LogP contribution is 2.37. The molecule has 1 atom stereocenters. The first-order valence-electron chi connectivity index (χ1n) is 9.15. The zero-order chi connectivity index (χ0) is 19.7. The second kappa shape index (κ2) is 7.73. The Kier molecular flexibility index (Phi) is 5.15. The van der Waals surface area contributed by atoms with Crippen molar-refractivity contribution >= 4 is 39.0 Å². The summed E-state index contributed by atoms with van der Waals surface area (Å²) in [6.07, 6.45) is 2.33. The van der Waals surface area contributed by atoms with Gasteiger partial charge in [0, 0.05) is 18.3 Å². The largest absolute Gasteiger partial charge is 0.486 e. The van der Waals surface area contributed by atoms with E-state index in [1.54, 1.807) is 24.5 Å². The topological polar surface area (TPSA) is 85.4 Å². The van der Waals surface area contributed by atoms with Gasteiger partial charge in [0.2, 0.25) is 0 Å². The molecule has 146 valence electrons.